The number of sulfonamides is 1. The van der Waals surface area contributed by atoms with Gasteiger partial charge in [0.2, 0.25) is 10.0 Å². The van der Waals surface area contributed by atoms with Gasteiger partial charge in [-0.3, -0.25) is 9.59 Å². The van der Waals surface area contributed by atoms with E-state index >= 15 is 4.39 Å². The number of anilines is 1. The number of carbonyl (C=O) groups excluding carboxylic acids is 2. The minimum atomic E-state index is -4.01. The van der Waals surface area contributed by atoms with Crippen molar-refractivity contribution < 1.29 is 31.9 Å². The first-order valence-electron chi connectivity index (χ1n) is 15.8. The number of halogens is 2. The zero-order valence-corrected chi connectivity index (χ0v) is 27.4. The molecule has 2 aromatic rings. The second-order valence-corrected chi connectivity index (χ2v) is 15.5. The van der Waals surface area contributed by atoms with E-state index < -0.39 is 33.1 Å². The Kier molecular flexibility index (Phi) is 8.91. The van der Waals surface area contributed by atoms with E-state index in [9.17, 15) is 18.0 Å². The van der Waals surface area contributed by atoms with E-state index in [0.29, 0.717) is 62.4 Å². The Morgan fingerprint density at radius 3 is 2.64 bits per heavy atom. The average molecular weight is 659 g/mol. The summed E-state index contributed by atoms with van der Waals surface area (Å²) in [4.78, 5) is 27.8. The molecule has 2 aromatic carbocycles. The molecule has 0 aromatic heterocycles. The van der Waals surface area contributed by atoms with Gasteiger partial charge in [-0.25, -0.2) is 17.5 Å². The van der Waals surface area contributed by atoms with Gasteiger partial charge in [0.15, 0.2) is 0 Å². The number of rotatable bonds is 1. The molecule has 5 aliphatic rings. The molecule has 242 valence electrons. The van der Waals surface area contributed by atoms with Crippen LogP contribution in [0, 0.1) is 29.5 Å². The fourth-order valence-corrected chi connectivity index (χ4v) is 8.72. The van der Waals surface area contributed by atoms with Crippen molar-refractivity contribution in [3.05, 3.63) is 69.5 Å². The van der Waals surface area contributed by atoms with Crippen molar-refractivity contribution in [2.45, 2.75) is 77.2 Å². The smallest absolute Gasteiger partial charge is 0.303 e. The molecule has 45 heavy (non-hydrogen) atoms. The van der Waals surface area contributed by atoms with Crippen LogP contribution in [0.5, 0.6) is 5.75 Å². The van der Waals surface area contributed by atoms with E-state index in [-0.39, 0.29) is 40.2 Å². The molecule has 8 nitrogen and oxygen atoms in total. The first-order chi connectivity index (χ1) is 21.4. The number of allylic oxidation sites excluding steroid dienone is 1. The lowest BCUT2D eigenvalue weighted by atomic mass is 9.64. The number of ether oxygens (including phenoxy) is 2. The van der Waals surface area contributed by atoms with Crippen LogP contribution < -0.4 is 14.4 Å². The first kappa shape index (κ1) is 31.9. The van der Waals surface area contributed by atoms with Gasteiger partial charge >= 0.3 is 5.97 Å². The summed E-state index contributed by atoms with van der Waals surface area (Å²) in [5, 5.41) is -0.758. The number of hydrogen-bond donors (Lipinski definition) is 1. The molecule has 11 heteroatoms. The van der Waals surface area contributed by atoms with Gasteiger partial charge in [0, 0.05) is 31.5 Å². The second-order valence-electron chi connectivity index (χ2n) is 13.0. The summed E-state index contributed by atoms with van der Waals surface area (Å²) in [6.45, 7) is 6.17. The lowest BCUT2D eigenvalue weighted by molar-refractivity contribution is -0.150. The predicted octanol–water partition coefficient (Wildman–Crippen LogP) is 6.20. The predicted molar refractivity (Wildman–Crippen MR) is 170 cm³/mol. The molecule has 7 rings (SSSR count). The molecule has 1 amide bonds. The SMILES string of the molecule is CC(=O)O[C@H]1C2=C[C@@H](C2)[C@H](C)[C@@H](C)S(=O)(=O)NC(=O)c2ccc3c(c2)N(Cc2ccc(Cl)c(F)c2CCCCO3)C[C@@H]2CC[C@H]21. The van der Waals surface area contributed by atoms with Crippen LogP contribution in [-0.4, -0.2) is 44.8 Å². The van der Waals surface area contributed by atoms with E-state index in [1.807, 2.05) is 13.0 Å². The monoisotopic (exact) mass is 658 g/mol. The van der Waals surface area contributed by atoms with Crippen molar-refractivity contribution in [2.75, 3.05) is 18.1 Å². The van der Waals surface area contributed by atoms with Crippen LogP contribution in [0.15, 0.2) is 42.0 Å². The molecule has 0 unspecified atom stereocenters. The first-order valence-corrected chi connectivity index (χ1v) is 17.8. The zero-order valence-electron chi connectivity index (χ0n) is 25.9. The van der Waals surface area contributed by atoms with Crippen LogP contribution in [0.4, 0.5) is 10.1 Å². The summed E-state index contributed by atoms with van der Waals surface area (Å²) in [5.74, 6) is -0.976. The van der Waals surface area contributed by atoms with Gasteiger partial charge in [0.05, 0.1) is 22.6 Å². The Labute approximate surface area is 269 Å². The molecule has 3 aliphatic heterocycles. The number of benzene rings is 2. The lowest BCUT2D eigenvalue weighted by Crippen LogP contribution is -2.48. The number of fused-ring (bicyclic) bond motifs is 5. The van der Waals surface area contributed by atoms with Crippen molar-refractivity contribution in [3.8, 4) is 5.75 Å². The number of amides is 1. The molecule has 1 N–H and O–H groups in total. The summed E-state index contributed by atoms with van der Waals surface area (Å²) in [6, 6.07) is 8.38. The third-order valence-electron chi connectivity index (χ3n) is 10.3. The largest absolute Gasteiger partial charge is 0.491 e. The van der Waals surface area contributed by atoms with Crippen LogP contribution in [0.1, 0.15) is 74.4 Å². The van der Waals surface area contributed by atoms with Crippen molar-refractivity contribution >= 4 is 39.2 Å². The van der Waals surface area contributed by atoms with Gasteiger partial charge in [-0.1, -0.05) is 30.7 Å². The molecule has 6 atom stereocenters. The minimum absolute atomic E-state index is 0.0154. The summed E-state index contributed by atoms with van der Waals surface area (Å²) in [6.07, 6.45) is 5.99. The van der Waals surface area contributed by atoms with Gasteiger partial charge in [-0.15, -0.1) is 0 Å². The maximum atomic E-state index is 15.4. The van der Waals surface area contributed by atoms with Crippen LogP contribution in [0.2, 0.25) is 5.02 Å². The topological polar surface area (TPSA) is 102 Å². The maximum Gasteiger partial charge on any atom is 0.303 e. The Morgan fingerprint density at radius 2 is 1.93 bits per heavy atom. The summed E-state index contributed by atoms with van der Waals surface area (Å²) in [5.41, 5.74) is 3.17. The number of nitrogens with zero attached hydrogens (tertiary/aromatic N) is 1. The molecule has 1 fully saturated rings. The molecule has 1 saturated carbocycles. The van der Waals surface area contributed by atoms with Crippen LogP contribution in [0.25, 0.3) is 0 Å². The van der Waals surface area contributed by atoms with Crippen LogP contribution >= 0.6 is 11.6 Å². The highest BCUT2D eigenvalue weighted by Crippen LogP contribution is 2.47. The summed E-state index contributed by atoms with van der Waals surface area (Å²) in [7, 11) is -4.01. The van der Waals surface area contributed by atoms with Gasteiger partial charge < -0.3 is 14.4 Å². The number of hydrogen-bond acceptors (Lipinski definition) is 7. The molecule has 0 spiro atoms. The molecular weight excluding hydrogens is 619 g/mol. The second kappa shape index (κ2) is 12.6. The van der Waals surface area contributed by atoms with Gasteiger partial charge in [0.25, 0.3) is 5.91 Å². The highest BCUT2D eigenvalue weighted by Gasteiger charge is 2.45. The minimum Gasteiger partial charge on any atom is -0.491 e. The van der Waals surface area contributed by atoms with Crippen LogP contribution in [-0.2, 0) is 32.5 Å². The average Bonchev–Trinajstić information content (AvgIpc) is 2.98. The lowest BCUT2D eigenvalue weighted by Gasteiger charge is -2.47. The van der Waals surface area contributed by atoms with Crippen LogP contribution in [0.3, 0.4) is 0 Å². The van der Waals surface area contributed by atoms with Crippen molar-refractivity contribution in [1.82, 2.24) is 4.72 Å². The normalized spacial score (nSPS) is 29.6. The Morgan fingerprint density at radius 1 is 1.16 bits per heavy atom. The highest BCUT2D eigenvalue weighted by molar-refractivity contribution is 7.90. The van der Waals surface area contributed by atoms with E-state index in [2.05, 4.69) is 15.7 Å². The number of esters is 1. The molecule has 0 saturated heterocycles. The Hall–Kier alpha value is -3.11. The number of nitrogens with one attached hydrogen (secondary N) is 1. The third-order valence-corrected chi connectivity index (χ3v) is 12.5. The quantitative estimate of drug-likeness (QED) is 0.287. The summed E-state index contributed by atoms with van der Waals surface area (Å²) < 4.78 is 56.7. The van der Waals surface area contributed by atoms with Gasteiger partial charge in [-0.05, 0) is 104 Å². The standard InChI is InChI=1S/C34H40ClFN2O6S/c1-19-20(2)45(41,42)37-34(40)22-9-12-31-30(16-22)38(17-23-8-11-29(35)32(36)27(23)6-4-5-13-43-31)18-24-7-10-28(24)33(44-21(3)39)26-14-25(19)15-26/h8-9,11-12,14,16,19-20,24-25,28,33H,4-7,10,13,15,17-18H2,1-3H3,(H,37,40)/t19-,20-,24+,25+,28-,33+/m1/s1. The molecule has 2 aliphatic carbocycles. The zero-order chi connectivity index (χ0) is 32.0. The van der Waals surface area contributed by atoms with Gasteiger partial charge in [0.1, 0.15) is 17.7 Å². The van der Waals surface area contributed by atoms with Crippen molar-refractivity contribution in [3.63, 3.8) is 0 Å². The van der Waals surface area contributed by atoms with Crippen molar-refractivity contribution in [2.24, 2.45) is 23.7 Å². The van der Waals surface area contributed by atoms with Gasteiger partial charge in [-0.2, -0.15) is 0 Å². The van der Waals surface area contributed by atoms with E-state index in [1.165, 1.54) is 6.92 Å². The maximum absolute atomic E-state index is 15.4. The van der Waals surface area contributed by atoms with E-state index in [4.69, 9.17) is 21.1 Å². The Balaban J connectivity index is 1.47. The number of carbonyl (C=O) groups is 2. The fraction of sp³-hybridized carbons (Fsp3) is 0.529. The summed E-state index contributed by atoms with van der Waals surface area (Å²) >= 11 is 6.21. The Bertz CT molecular complexity index is 1650. The molecule has 3 heterocycles. The van der Waals surface area contributed by atoms with E-state index in [1.54, 1.807) is 31.2 Å². The molecule has 0 radical (unpaired) electrons. The van der Waals surface area contributed by atoms with Crippen molar-refractivity contribution in [1.29, 1.82) is 0 Å². The molecule has 4 bridgehead atoms. The fourth-order valence-electron chi connectivity index (χ4n) is 7.21. The molecular formula is C34H40ClFN2O6S. The van der Waals surface area contributed by atoms with E-state index in [0.717, 1.165) is 24.0 Å². The third kappa shape index (κ3) is 6.32. The highest BCUT2D eigenvalue weighted by atomic mass is 35.5.